The van der Waals surface area contributed by atoms with Crippen LogP contribution >= 0.6 is 15.9 Å². The number of aromatic nitrogens is 2. The van der Waals surface area contributed by atoms with Crippen LogP contribution in [0.15, 0.2) is 22.7 Å². The van der Waals surface area contributed by atoms with Crippen molar-refractivity contribution in [2.45, 2.75) is 13.0 Å². The van der Waals surface area contributed by atoms with Gasteiger partial charge in [-0.25, -0.2) is 0 Å². The fourth-order valence-electron chi connectivity index (χ4n) is 2.51. The van der Waals surface area contributed by atoms with Crippen molar-refractivity contribution in [2.24, 2.45) is 7.05 Å². The Kier molecular flexibility index (Phi) is 4.90. The van der Waals surface area contributed by atoms with Crippen LogP contribution in [0, 0.1) is 6.92 Å². The lowest BCUT2D eigenvalue weighted by Gasteiger charge is -2.21. The maximum atomic E-state index is 5.57. The highest BCUT2D eigenvalue weighted by atomic mass is 79.9. The lowest BCUT2D eigenvalue weighted by Crippen LogP contribution is -2.21. The molecule has 1 atom stereocenters. The van der Waals surface area contributed by atoms with Gasteiger partial charge in [0.25, 0.3) is 0 Å². The summed E-state index contributed by atoms with van der Waals surface area (Å²) in [5.41, 5.74) is 3.08. The Morgan fingerprint density at radius 1 is 1.29 bits per heavy atom. The molecule has 1 unspecified atom stereocenters. The summed E-state index contributed by atoms with van der Waals surface area (Å²) in [6.07, 6.45) is 0. The smallest absolute Gasteiger partial charge is 0.141 e. The summed E-state index contributed by atoms with van der Waals surface area (Å²) >= 11 is 3.55. The molecule has 0 saturated carbocycles. The van der Waals surface area contributed by atoms with Gasteiger partial charge in [0.05, 0.1) is 31.6 Å². The van der Waals surface area contributed by atoms with Gasteiger partial charge in [0.15, 0.2) is 0 Å². The first-order valence-electron chi connectivity index (χ1n) is 6.61. The van der Waals surface area contributed by atoms with Crippen molar-refractivity contribution in [3.05, 3.63) is 39.6 Å². The average molecular weight is 354 g/mol. The molecule has 1 N–H and O–H groups in total. The Morgan fingerprint density at radius 3 is 2.48 bits per heavy atom. The Hall–Kier alpha value is -1.53. The second kappa shape index (κ2) is 6.49. The number of hydrogen-bond donors (Lipinski definition) is 1. The number of nitrogens with one attached hydrogen (secondary N) is 1. The minimum Gasteiger partial charge on any atom is -0.495 e. The maximum Gasteiger partial charge on any atom is 0.141 e. The Labute approximate surface area is 133 Å². The number of rotatable bonds is 5. The van der Waals surface area contributed by atoms with Gasteiger partial charge in [-0.1, -0.05) is 0 Å². The second-order valence-corrected chi connectivity index (χ2v) is 5.55. The molecule has 0 saturated heterocycles. The van der Waals surface area contributed by atoms with E-state index in [1.54, 1.807) is 14.2 Å². The van der Waals surface area contributed by atoms with Crippen LogP contribution in [0.3, 0.4) is 0 Å². The molecule has 2 rings (SSSR count). The molecule has 21 heavy (non-hydrogen) atoms. The molecular weight excluding hydrogens is 334 g/mol. The van der Waals surface area contributed by atoms with E-state index in [0.29, 0.717) is 0 Å². The monoisotopic (exact) mass is 353 g/mol. The normalized spacial score (nSPS) is 12.3. The summed E-state index contributed by atoms with van der Waals surface area (Å²) in [6, 6.07) is 5.98. The lowest BCUT2D eigenvalue weighted by molar-refractivity contribution is 0.382. The molecule has 0 aliphatic carbocycles. The van der Waals surface area contributed by atoms with Crippen molar-refractivity contribution in [1.82, 2.24) is 15.1 Å². The molecule has 1 heterocycles. The van der Waals surface area contributed by atoms with Crippen molar-refractivity contribution in [2.75, 3.05) is 21.3 Å². The zero-order chi connectivity index (χ0) is 15.6. The summed E-state index contributed by atoms with van der Waals surface area (Å²) in [4.78, 5) is 0. The molecule has 0 fully saturated rings. The highest BCUT2D eigenvalue weighted by Gasteiger charge is 2.23. The molecule has 0 bridgehead atoms. The molecule has 1 aromatic heterocycles. The number of aryl methyl sites for hydroxylation is 2. The van der Waals surface area contributed by atoms with Gasteiger partial charge < -0.3 is 14.8 Å². The van der Waals surface area contributed by atoms with E-state index in [4.69, 9.17) is 9.47 Å². The predicted octanol–water partition coefficient (Wildman–Crippen LogP) is 2.82. The van der Waals surface area contributed by atoms with E-state index in [1.165, 1.54) is 0 Å². The van der Waals surface area contributed by atoms with Crippen LogP contribution in [0.1, 0.15) is 23.0 Å². The molecule has 0 amide bonds. The van der Waals surface area contributed by atoms with Crippen molar-refractivity contribution in [1.29, 1.82) is 0 Å². The fourth-order valence-corrected chi connectivity index (χ4v) is 3.19. The highest BCUT2D eigenvalue weighted by Crippen LogP contribution is 2.41. The largest absolute Gasteiger partial charge is 0.495 e. The number of nitrogens with zero attached hydrogens (tertiary/aromatic N) is 2. The molecular formula is C15H20BrN3O2. The van der Waals surface area contributed by atoms with Gasteiger partial charge in [0, 0.05) is 12.6 Å². The Bertz CT molecular complexity index is 640. The number of hydrogen-bond acceptors (Lipinski definition) is 4. The van der Waals surface area contributed by atoms with Crippen molar-refractivity contribution in [3.63, 3.8) is 0 Å². The molecule has 5 nitrogen and oxygen atoms in total. The first-order chi connectivity index (χ1) is 10.0. The van der Waals surface area contributed by atoms with Gasteiger partial charge in [-0.2, -0.15) is 5.10 Å². The molecule has 114 valence electrons. The highest BCUT2D eigenvalue weighted by molar-refractivity contribution is 9.10. The van der Waals surface area contributed by atoms with Crippen molar-refractivity contribution >= 4 is 15.9 Å². The SMILES string of the molecule is CNC(c1ccc(OC)c(Br)c1OC)c1cc(C)nn1C. The molecule has 0 aliphatic heterocycles. The summed E-state index contributed by atoms with van der Waals surface area (Å²) in [5, 5.41) is 7.74. The van der Waals surface area contributed by atoms with Gasteiger partial charge >= 0.3 is 0 Å². The van der Waals surface area contributed by atoms with Crippen molar-refractivity contribution in [3.8, 4) is 11.5 Å². The number of ether oxygens (including phenoxy) is 2. The number of halogens is 1. The van der Waals surface area contributed by atoms with Crippen LogP contribution in [0.5, 0.6) is 11.5 Å². The third-order valence-corrected chi connectivity index (χ3v) is 4.20. The van der Waals surface area contributed by atoms with Gasteiger partial charge in [-0.15, -0.1) is 0 Å². The summed E-state index contributed by atoms with van der Waals surface area (Å²) in [6.45, 7) is 1.98. The topological polar surface area (TPSA) is 48.3 Å². The minimum atomic E-state index is -0.0200. The molecule has 0 aliphatic rings. The first-order valence-corrected chi connectivity index (χ1v) is 7.41. The first kappa shape index (κ1) is 15.9. The molecule has 0 radical (unpaired) electrons. The van der Waals surface area contributed by atoms with Gasteiger partial charge in [-0.3, -0.25) is 4.68 Å². The minimum absolute atomic E-state index is 0.0200. The lowest BCUT2D eigenvalue weighted by atomic mass is 10.0. The maximum absolute atomic E-state index is 5.57. The van der Waals surface area contributed by atoms with E-state index >= 15 is 0 Å². The second-order valence-electron chi connectivity index (χ2n) is 4.76. The predicted molar refractivity (Wildman–Crippen MR) is 86.1 cm³/mol. The van der Waals surface area contributed by atoms with Crippen molar-refractivity contribution < 1.29 is 9.47 Å². The quantitative estimate of drug-likeness (QED) is 0.897. The number of methoxy groups -OCH3 is 2. The van der Waals surface area contributed by atoms with Gasteiger partial charge in [0.1, 0.15) is 16.0 Å². The van der Waals surface area contributed by atoms with E-state index in [2.05, 4.69) is 32.4 Å². The summed E-state index contributed by atoms with van der Waals surface area (Å²) in [5.74, 6) is 1.50. The standard InChI is InChI=1S/C15H20BrN3O2/c1-9-8-11(19(3)18-9)14(17-2)10-6-7-12(20-4)13(16)15(10)21-5/h6-8,14,17H,1-5H3. The third kappa shape index (κ3) is 2.91. The molecule has 0 spiro atoms. The van der Waals surface area contributed by atoms with Gasteiger partial charge in [0.2, 0.25) is 0 Å². The van der Waals surface area contributed by atoms with Gasteiger partial charge in [-0.05, 0) is 48.1 Å². The van der Waals surface area contributed by atoms with Crippen LogP contribution in [0.4, 0.5) is 0 Å². The van der Waals surface area contributed by atoms with Crippen LogP contribution in [-0.2, 0) is 7.05 Å². The van der Waals surface area contributed by atoms with Crippen LogP contribution in [0.2, 0.25) is 0 Å². The van der Waals surface area contributed by atoms with Crippen LogP contribution in [0.25, 0.3) is 0 Å². The summed E-state index contributed by atoms with van der Waals surface area (Å²) in [7, 11) is 7.16. The van der Waals surface area contributed by atoms with E-state index < -0.39 is 0 Å². The Morgan fingerprint density at radius 2 is 2.00 bits per heavy atom. The third-order valence-electron chi connectivity index (χ3n) is 3.45. The van der Waals surface area contributed by atoms with E-state index in [1.807, 2.05) is 37.8 Å². The zero-order valence-electron chi connectivity index (χ0n) is 12.9. The molecule has 1 aromatic carbocycles. The average Bonchev–Trinajstić information content (AvgIpc) is 2.79. The van der Waals surface area contributed by atoms with E-state index in [9.17, 15) is 0 Å². The zero-order valence-corrected chi connectivity index (χ0v) is 14.5. The molecule has 6 heteroatoms. The molecule has 2 aromatic rings. The number of benzene rings is 1. The van der Waals surface area contributed by atoms with E-state index in [-0.39, 0.29) is 6.04 Å². The Balaban J connectivity index is 2.57. The fraction of sp³-hybridized carbons (Fsp3) is 0.400. The van der Waals surface area contributed by atoms with Crippen LogP contribution < -0.4 is 14.8 Å². The van der Waals surface area contributed by atoms with E-state index in [0.717, 1.165) is 32.9 Å². The summed E-state index contributed by atoms with van der Waals surface area (Å²) < 4.78 is 13.6. The van der Waals surface area contributed by atoms with Crippen LogP contribution in [-0.4, -0.2) is 31.0 Å².